The topological polar surface area (TPSA) is 64.0 Å². The molecule has 30 heavy (non-hydrogen) atoms. The Hall–Kier alpha value is -2.32. The Morgan fingerprint density at radius 2 is 1.90 bits per heavy atom. The summed E-state index contributed by atoms with van der Waals surface area (Å²) in [7, 11) is 0. The van der Waals surface area contributed by atoms with Gasteiger partial charge < -0.3 is 5.32 Å². The van der Waals surface area contributed by atoms with Crippen molar-refractivity contribution in [2.45, 2.75) is 11.7 Å². The third kappa shape index (κ3) is 4.70. The van der Waals surface area contributed by atoms with Gasteiger partial charge in [-0.3, -0.25) is 14.2 Å². The van der Waals surface area contributed by atoms with E-state index in [4.69, 9.17) is 23.2 Å². The van der Waals surface area contributed by atoms with Crippen LogP contribution in [0.2, 0.25) is 10.0 Å². The highest BCUT2D eigenvalue weighted by Crippen LogP contribution is 2.26. The molecule has 0 radical (unpaired) electrons. The van der Waals surface area contributed by atoms with E-state index in [1.807, 2.05) is 41.8 Å². The Bertz CT molecular complexity index is 1270. The summed E-state index contributed by atoms with van der Waals surface area (Å²) in [6, 6.07) is 16.4. The van der Waals surface area contributed by atoms with E-state index in [0.29, 0.717) is 37.7 Å². The van der Waals surface area contributed by atoms with Crippen LogP contribution in [-0.4, -0.2) is 21.2 Å². The zero-order valence-corrected chi connectivity index (χ0v) is 18.6. The molecule has 2 aromatic carbocycles. The van der Waals surface area contributed by atoms with Gasteiger partial charge in [0, 0.05) is 5.69 Å². The van der Waals surface area contributed by atoms with Gasteiger partial charge in [0.2, 0.25) is 5.91 Å². The molecule has 0 fully saturated rings. The summed E-state index contributed by atoms with van der Waals surface area (Å²) in [5.41, 5.74) is 2.07. The maximum absolute atomic E-state index is 13.0. The number of aromatic nitrogens is 2. The van der Waals surface area contributed by atoms with Crippen LogP contribution in [0.1, 0.15) is 5.56 Å². The van der Waals surface area contributed by atoms with Crippen LogP contribution in [0.25, 0.3) is 10.2 Å². The van der Waals surface area contributed by atoms with Gasteiger partial charge in [0.15, 0.2) is 5.16 Å². The lowest BCUT2D eigenvalue weighted by molar-refractivity contribution is -0.113. The number of carbonyl (C=O) groups is 1. The number of thioether (sulfide) groups is 1. The number of halogens is 2. The van der Waals surface area contributed by atoms with Crippen molar-refractivity contribution in [2.24, 2.45) is 0 Å². The first-order chi connectivity index (χ1) is 14.5. The molecule has 0 unspecified atom stereocenters. The number of hydrogen-bond acceptors (Lipinski definition) is 5. The summed E-state index contributed by atoms with van der Waals surface area (Å²) in [4.78, 5) is 30.1. The number of fused-ring (bicyclic) bond motifs is 1. The number of carbonyl (C=O) groups excluding carboxylic acids is 1. The number of hydrogen-bond donors (Lipinski definition) is 1. The van der Waals surface area contributed by atoms with E-state index in [2.05, 4.69) is 10.3 Å². The van der Waals surface area contributed by atoms with Crippen molar-refractivity contribution < 1.29 is 4.79 Å². The molecule has 4 rings (SSSR count). The number of nitrogens with zero attached hydrogens (tertiary/aromatic N) is 2. The number of nitrogens with one attached hydrogen (secondary N) is 1. The summed E-state index contributed by atoms with van der Waals surface area (Å²) in [5.74, 6) is -0.138. The molecule has 152 valence electrons. The summed E-state index contributed by atoms with van der Waals surface area (Å²) in [6.45, 7) is 0.386. The van der Waals surface area contributed by atoms with Gasteiger partial charge in [-0.15, -0.1) is 11.3 Å². The first-order valence-electron chi connectivity index (χ1n) is 8.91. The highest BCUT2D eigenvalue weighted by Gasteiger charge is 2.15. The van der Waals surface area contributed by atoms with Crippen LogP contribution in [0.5, 0.6) is 0 Å². The molecule has 9 heteroatoms. The summed E-state index contributed by atoms with van der Waals surface area (Å²) >= 11 is 14.5. The van der Waals surface area contributed by atoms with E-state index in [9.17, 15) is 9.59 Å². The molecule has 0 saturated heterocycles. The van der Waals surface area contributed by atoms with Crippen LogP contribution in [0.3, 0.4) is 0 Å². The summed E-state index contributed by atoms with van der Waals surface area (Å²) < 4.78 is 2.22. The largest absolute Gasteiger partial charge is 0.325 e. The van der Waals surface area contributed by atoms with E-state index >= 15 is 0 Å². The highest BCUT2D eigenvalue weighted by atomic mass is 35.5. The molecular formula is C21H15Cl2N3O2S2. The number of amides is 1. The molecule has 1 N–H and O–H groups in total. The fourth-order valence-corrected chi connectivity index (χ4v) is 4.72. The van der Waals surface area contributed by atoms with E-state index in [-0.39, 0.29) is 17.2 Å². The minimum atomic E-state index is -0.232. The highest BCUT2D eigenvalue weighted by molar-refractivity contribution is 7.99. The Kier molecular flexibility index (Phi) is 6.43. The average molecular weight is 476 g/mol. The van der Waals surface area contributed by atoms with Crippen LogP contribution in [0.15, 0.2) is 69.9 Å². The van der Waals surface area contributed by atoms with E-state index in [0.717, 1.165) is 5.56 Å². The van der Waals surface area contributed by atoms with Crippen molar-refractivity contribution in [3.05, 3.63) is 85.9 Å². The lowest BCUT2D eigenvalue weighted by atomic mass is 10.2. The number of rotatable bonds is 6. The molecule has 0 aliphatic heterocycles. The maximum atomic E-state index is 13.0. The Balaban J connectivity index is 1.56. The SMILES string of the molecule is O=C(CSc1nc2ccsc2c(=O)n1Cc1ccccc1)Nc1ccc(Cl)c(Cl)c1. The van der Waals surface area contributed by atoms with Gasteiger partial charge in [0.25, 0.3) is 5.56 Å². The van der Waals surface area contributed by atoms with Crippen LogP contribution < -0.4 is 10.9 Å². The van der Waals surface area contributed by atoms with Crippen LogP contribution in [-0.2, 0) is 11.3 Å². The molecule has 2 heterocycles. The Labute approximate surface area is 190 Å². The van der Waals surface area contributed by atoms with E-state index < -0.39 is 0 Å². The first-order valence-corrected chi connectivity index (χ1v) is 11.5. The quantitative estimate of drug-likeness (QED) is 0.293. The fraction of sp³-hybridized carbons (Fsp3) is 0.0952. The van der Waals surface area contributed by atoms with Gasteiger partial charge in [0.1, 0.15) is 4.70 Å². The molecule has 5 nitrogen and oxygen atoms in total. The third-order valence-corrected chi connectivity index (χ3v) is 6.86. The number of anilines is 1. The van der Waals surface area contributed by atoms with Crippen LogP contribution >= 0.6 is 46.3 Å². The smallest absolute Gasteiger partial charge is 0.272 e. The van der Waals surface area contributed by atoms with Gasteiger partial charge in [-0.1, -0.05) is 65.3 Å². The van der Waals surface area contributed by atoms with Gasteiger partial charge in [-0.25, -0.2) is 4.98 Å². The van der Waals surface area contributed by atoms with Crippen molar-refractivity contribution in [3.8, 4) is 0 Å². The Morgan fingerprint density at radius 1 is 1.10 bits per heavy atom. The maximum Gasteiger partial charge on any atom is 0.272 e. The molecule has 1 amide bonds. The van der Waals surface area contributed by atoms with Gasteiger partial charge in [-0.2, -0.15) is 0 Å². The van der Waals surface area contributed by atoms with Crippen LogP contribution in [0, 0.1) is 0 Å². The van der Waals surface area contributed by atoms with Gasteiger partial charge >= 0.3 is 0 Å². The van der Waals surface area contributed by atoms with Crippen molar-refractivity contribution in [2.75, 3.05) is 11.1 Å². The van der Waals surface area contributed by atoms with Crippen molar-refractivity contribution >= 4 is 68.1 Å². The number of benzene rings is 2. The zero-order chi connectivity index (χ0) is 21.1. The molecule has 0 spiro atoms. The third-order valence-electron chi connectivity index (χ3n) is 4.25. The van der Waals surface area contributed by atoms with Crippen molar-refractivity contribution in [1.82, 2.24) is 9.55 Å². The second-order valence-electron chi connectivity index (χ2n) is 6.37. The normalized spacial score (nSPS) is 11.0. The average Bonchev–Trinajstić information content (AvgIpc) is 3.21. The lowest BCUT2D eigenvalue weighted by Gasteiger charge is -2.12. The lowest BCUT2D eigenvalue weighted by Crippen LogP contribution is -2.24. The minimum absolute atomic E-state index is 0.0944. The van der Waals surface area contributed by atoms with Crippen molar-refractivity contribution in [3.63, 3.8) is 0 Å². The molecule has 2 aromatic heterocycles. The first kappa shape index (κ1) is 20.9. The molecular weight excluding hydrogens is 461 g/mol. The second-order valence-corrected chi connectivity index (χ2v) is 9.04. The van der Waals surface area contributed by atoms with E-state index in [1.54, 1.807) is 22.8 Å². The fourth-order valence-electron chi connectivity index (χ4n) is 2.84. The molecule has 0 aliphatic carbocycles. The van der Waals surface area contributed by atoms with Crippen molar-refractivity contribution in [1.29, 1.82) is 0 Å². The van der Waals surface area contributed by atoms with Gasteiger partial charge in [-0.05, 0) is 35.2 Å². The molecule has 0 saturated carbocycles. The van der Waals surface area contributed by atoms with Crippen LogP contribution in [0.4, 0.5) is 5.69 Å². The molecule has 0 bridgehead atoms. The summed E-state index contributed by atoms with van der Waals surface area (Å²) in [6.07, 6.45) is 0. The molecule has 4 aromatic rings. The Morgan fingerprint density at radius 3 is 2.67 bits per heavy atom. The molecule has 0 aliphatic rings. The standard InChI is InChI=1S/C21H15Cl2N3O2S2/c22-15-7-6-14(10-16(15)23)24-18(27)12-30-21-25-17-8-9-29-19(17)20(28)26(21)11-13-4-2-1-3-5-13/h1-10H,11-12H2,(H,24,27). The zero-order valence-electron chi connectivity index (χ0n) is 15.5. The monoisotopic (exact) mass is 475 g/mol. The predicted molar refractivity (Wildman–Crippen MR) is 125 cm³/mol. The second kappa shape index (κ2) is 9.22. The number of thiophene rings is 1. The molecule has 0 atom stereocenters. The predicted octanol–water partition coefficient (Wildman–Crippen LogP) is 5.54. The van der Waals surface area contributed by atoms with E-state index in [1.165, 1.54) is 23.1 Å². The van der Waals surface area contributed by atoms with Gasteiger partial charge in [0.05, 0.1) is 27.9 Å². The summed E-state index contributed by atoms with van der Waals surface area (Å²) in [5, 5.41) is 5.91. The minimum Gasteiger partial charge on any atom is -0.325 e.